The average molecular weight is 136 g/mol. The standard InChI is InChI=1S/C8H12N2/c1-3-9-8-6-4-5-7(2)10-8/h4-6H,3H2,1-2H3,(H,9,10). The number of hydrogen-bond donors (Lipinski definition) is 1. The highest BCUT2D eigenvalue weighted by molar-refractivity contribution is 5.34. The fourth-order valence-corrected chi connectivity index (χ4v) is 0.823. The molecule has 0 saturated heterocycles. The van der Waals surface area contributed by atoms with Gasteiger partial charge in [-0.05, 0) is 26.0 Å². The molecule has 0 saturated carbocycles. The summed E-state index contributed by atoms with van der Waals surface area (Å²) < 4.78 is 0. The lowest BCUT2D eigenvalue weighted by molar-refractivity contribution is 1.12. The van der Waals surface area contributed by atoms with Crippen molar-refractivity contribution in [2.75, 3.05) is 11.9 Å². The Balaban J connectivity index is 2.75. The van der Waals surface area contributed by atoms with E-state index in [0.29, 0.717) is 0 Å². The molecule has 0 aliphatic carbocycles. The van der Waals surface area contributed by atoms with Crippen molar-refractivity contribution in [2.45, 2.75) is 13.8 Å². The van der Waals surface area contributed by atoms with Crippen LogP contribution < -0.4 is 5.32 Å². The maximum absolute atomic E-state index is 4.25. The lowest BCUT2D eigenvalue weighted by atomic mass is 10.4. The molecule has 1 aromatic rings. The van der Waals surface area contributed by atoms with E-state index < -0.39 is 0 Å². The van der Waals surface area contributed by atoms with Gasteiger partial charge in [0.15, 0.2) is 0 Å². The summed E-state index contributed by atoms with van der Waals surface area (Å²) in [5, 5.41) is 3.14. The second-order valence-corrected chi connectivity index (χ2v) is 2.19. The Kier molecular flexibility index (Phi) is 2.26. The van der Waals surface area contributed by atoms with Crippen molar-refractivity contribution in [3.05, 3.63) is 23.9 Å². The van der Waals surface area contributed by atoms with E-state index >= 15 is 0 Å². The minimum atomic E-state index is 0.927. The number of rotatable bonds is 2. The summed E-state index contributed by atoms with van der Waals surface area (Å²) in [6, 6.07) is 5.96. The van der Waals surface area contributed by atoms with Crippen LogP contribution in [0.3, 0.4) is 0 Å². The Hall–Kier alpha value is -1.05. The summed E-state index contributed by atoms with van der Waals surface area (Å²) in [7, 11) is 0. The van der Waals surface area contributed by atoms with Gasteiger partial charge < -0.3 is 5.32 Å². The second-order valence-electron chi connectivity index (χ2n) is 2.19. The first kappa shape index (κ1) is 7.06. The SMILES string of the molecule is CCNc1cccc(C)n1. The molecular weight excluding hydrogens is 124 g/mol. The molecule has 0 bridgehead atoms. The molecule has 0 aliphatic heterocycles. The molecule has 2 heteroatoms. The van der Waals surface area contributed by atoms with Crippen LogP contribution in [-0.2, 0) is 0 Å². The number of nitrogens with one attached hydrogen (secondary N) is 1. The van der Waals surface area contributed by atoms with Crippen LogP contribution >= 0.6 is 0 Å². The third kappa shape index (κ3) is 1.72. The van der Waals surface area contributed by atoms with Crippen molar-refractivity contribution in [1.29, 1.82) is 0 Å². The summed E-state index contributed by atoms with van der Waals surface area (Å²) in [6.45, 7) is 4.97. The number of hydrogen-bond acceptors (Lipinski definition) is 2. The Morgan fingerprint density at radius 1 is 1.50 bits per heavy atom. The van der Waals surface area contributed by atoms with Gasteiger partial charge >= 0.3 is 0 Å². The van der Waals surface area contributed by atoms with Crippen LogP contribution in [-0.4, -0.2) is 11.5 Å². The van der Waals surface area contributed by atoms with Crippen molar-refractivity contribution in [3.63, 3.8) is 0 Å². The van der Waals surface area contributed by atoms with Crippen molar-refractivity contribution in [3.8, 4) is 0 Å². The summed E-state index contributed by atoms with van der Waals surface area (Å²) in [5.41, 5.74) is 1.05. The predicted octanol–water partition coefficient (Wildman–Crippen LogP) is 1.82. The summed E-state index contributed by atoms with van der Waals surface area (Å²) >= 11 is 0. The van der Waals surface area contributed by atoms with Crippen LogP contribution in [0.4, 0.5) is 5.82 Å². The molecule has 1 aromatic heterocycles. The first-order valence-corrected chi connectivity index (χ1v) is 3.50. The van der Waals surface area contributed by atoms with Gasteiger partial charge in [-0.15, -0.1) is 0 Å². The lowest BCUT2D eigenvalue weighted by Gasteiger charge is -2.00. The van der Waals surface area contributed by atoms with Crippen LogP contribution in [0, 0.1) is 6.92 Å². The largest absolute Gasteiger partial charge is 0.370 e. The minimum Gasteiger partial charge on any atom is -0.370 e. The molecule has 0 atom stereocenters. The lowest BCUT2D eigenvalue weighted by Crippen LogP contribution is -1.98. The molecule has 0 amide bonds. The van der Waals surface area contributed by atoms with Crippen molar-refractivity contribution in [1.82, 2.24) is 4.98 Å². The molecular formula is C8H12N2. The van der Waals surface area contributed by atoms with Gasteiger partial charge in [0, 0.05) is 12.2 Å². The quantitative estimate of drug-likeness (QED) is 0.670. The van der Waals surface area contributed by atoms with Crippen molar-refractivity contribution in [2.24, 2.45) is 0 Å². The van der Waals surface area contributed by atoms with Gasteiger partial charge in [-0.25, -0.2) is 4.98 Å². The van der Waals surface area contributed by atoms with Crippen molar-refractivity contribution < 1.29 is 0 Å². The molecule has 1 rings (SSSR count). The molecule has 0 aliphatic rings. The Bertz CT molecular complexity index is 208. The topological polar surface area (TPSA) is 24.9 Å². The highest BCUT2D eigenvalue weighted by atomic mass is 15.0. The van der Waals surface area contributed by atoms with E-state index in [9.17, 15) is 0 Å². The van der Waals surface area contributed by atoms with Gasteiger partial charge in [0.05, 0.1) is 0 Å². The molecule has 0 fully saturated rings. The number of nitrogens with zero attached hydrogens (tertiary/aromatic N) is 1. The average Bonchev–Trinajstić information content (AvgIpc) is 1.88. The summed E-state index contributed by atoms with van der Waals surface area (Å²) in [6.07, 6.45) is 0. The van der Waals surface area contributed by atoms with E-state index in [0.717, 1.165) is 18.1 Å². The minimum absolute atomic E-state index is 0.927. The molecule has 0 aromatic carbocycles. The smallest absolute Gasteiger partial charge is 0.126 e. The van der Waals surface area contributed by atoms with Gasteiger partial charge in [0.25, 0.3) is 0 Å². The Morgan fingerprint density at radius 2 is 2.30 bits per heavy atom. The highest BCUT2D eigenvalue weighted by Crippen LogP contribution is 2.02. The predicted molar refractivity (Wildman–Crippen MR) is 43.1 cm³/mol. The van der Waals surface area contributed by atoms with Crippen LogP contribution in [0.1, 0.15) is 12.6 Å². The molecule has 0 radical (unpaired) electrons. The van der Waals surface area contributed by atoms with Gasteiger partial charge in [-0.2, -0.15) is 0 Å². The van der Waals surface area contributed by atoms with Gasteiger partial charge in [-0.1, -0.05) is 6.07 Å². The molecule has 1 N–H and O–H groups in total. The first-order chi connectivity index (χ1) is 4.83. The van der Waals surface area contributed by atoms with Gasteiger partial charge in [-0.3, -0.25) is 0 Å². The third-order valence-electron chi connectivity index (χ3n) is 1.25. The maximum Gasteiger partial charge on any atom is 0.126 e. The normalized spacial score (nSPS) is 9.40. The highest BCUT2D eigenvalue weighted by Gasteiger charge is 1.88. The van der Waals surface area contributed by atoms with Crippen molar-refractivity contribution >= 4 is 5.82 Å². The maximum atomic E-state index is 4.25. The number of pyridine rings is 1. The first-order valence-electron chi connectivity index (χ1n) is 3.50. The molecule has 0 unspecified atom stereocenters. The fraction of sp³-hybridized carbons (Fsp3) is 0.375. The van der Waals surface area contributed by atoms with Gasteiger partial charge in [0.1, 0.15) is 5.82 Å². The van der Waals surface area contributed by atoms with E-state index in [1.54, 1.807) is 0 Å². The molecule has 2 nitrogen and oxygen atoms in total. The number of aromatic nitrogens is 1. The van der Waals surface area contributed by atoms with E-state index in [-0.39, 0.29) is 0 Å². The second kappa shape index (κ2) is 3.20. The zero-order valence-corrected chi connectivity index (χ0v) is 6.39. The van der Waals surface area contributed by atoms with E-state index in [1.807, 2.05) is 25.1 Å². The number of anilines is 1. The molecule has 0 spiro atoms. The summed E-state index contributed by atoms with van der Waals surface area (Å²) in [5.74, 6) is 0.961. The Labute approximate surface area is 61.3 Å². The third-order valence-corrected chi connectivity index (χ3v) is 1.25. The van der Waals surface area contributed by atoms with Crippen LogP contribution in [0.5, 0.6) is 0 Å². The molecule has 54 valence electrons. The van der Waals surface area contributed by atoms with Gasteiger partial charge in [0.2, 0.25) is 0 Å². The molecule has 10 heavy (non-hydrogen) atoms. The summed E-state index contributed by atoms with van der Waals surface area (Å²) in [4.78, 5) is 4.25. The molecule has 1 heterocycles. The van der Waals surface area contributed by atoms with E-state index in [4.69, 9.17) is 0 Å². The number of aryl methyl sites for hydroxylation is 1. The van der Waals surface area contributed by atoms with Crippen LogP contribution in [0.15, 0.2) is 18.2 Å². The van der Waals surface area contributed by atoms with E-state index in [1.165, 1.54) is 0 Å². The zero-order valence-electron chi connectivity index (χ0n) is 6.39. The van der Waals surface area contributed by atoms with E-state index in [2.05, 4.69) is 17.2 Å². The fourth-order valence-electron chi connectivity index (χ4n) is 0.823. The zero-order chi connectivity index (χ0) is 7.40. The van der Waals surface area contributed by atoms with Crippen LogP contribution in [0.2, 0.25) is 0 Å². The monoisotopic (exact) mass is 136 g/mol. The Morgan fingerprint density at radius 3 is 2.90 bits per heavy atom. The van der Waals surface area contributed by atoms with Crippen LogP contribution in [0.25, 0.3) is 0 Å².